The van der Waals surface area contributed by atoms with Gasteiger partial charge < -0.3 is 19.3 Å². The van der Waals surface area contributed by atoms with Crippen molar-refractivity contribution in [2.75, 3.05) is 13.7 Å². The molecule has 2 atom stereocenters. The van der Waals surface area contributed by atoms with Crippen LogP contribution in [0.25, 0.3) is 0 Å². The van der Waals surface area contributed by atoms with Crippen molar-refractivity contribution in [1.82, 2.24) is 0 Å². The van der Waals surface area contributed by atoms with E-state index >= 15 is 0 Å². The maximum atomic E-state index is 11.3. The third-order valence-electron chi connectivity index (χ3n) is 2.00. The lowest BCUT2D eigenvalue weighted by Crippen LogP contribution is -2.39. The highest BCUT2D eigenvalue weighted by atomic mass is 16.8. The number of ether oxygens (including phenoxy) is 3. The average molecular weight is 218 g/mol. The van der Waals surface area contributed by atoms with Gasteiger partial charge in [-0.3, -0.25) is 4.79 Å². The van der Waals surface area contributed by atoms with E-state index in [1.165, 1.54) is 7.11 Å². The Balaban J connectivity index is 2.83. The Morgan fingerprint density at radius 2 is 1.87 bits per heavy atom. The van der Waals surface area contributed by atoms with Crippen molar-refractivity contribution in [3.63, 3.8) is 0 Å². The van der Waals surface area contributed by atoms with Gasteiger partial charge in [0.05, 0.1) is 7.11 Å². The van der Waals surface area contributed by atoms with Gasteiger partial charge in [0.25, 0.3) is 0 Å². The molecule has 1 aliphatic rings. The van der Waals surface area contributed by atoms with E-state index in [4.69, 9.17) is 14.6 Å². The van der Waals surface area contributed by atoms with Crippen LogP contribution in [0.4, 0.5) is 0 Å². The van der Waals surface area contributed by atoms with Crippen LogP contribution in [0.3, 0.4) is 0 Å². The highest BCUT2D eigenvalue weighted by Crippen LogP contribution is 2.29. The largest absolute Gasteiger partial charge is 0.467 e. The molecule has 0 bridgehead atoms. The standard InChI is InChI=1S/C9H14O6/c1-9(2)14-6(5(11)4-10)7(15-9)8(12)13-3/h6-7,10H,4H2,1-3H3/t6-,7+/m1/s1. The monoisotopic (exact) mass is 218 g/mol. The Morgan fingerprint density at radius 3 is 2.33 bits per heavy atom. The van der Waals surface area contributed by atoms with Gasteiger partial charge in [-0.25, -0.2) is 4.79 Å². The Morgan fingerprint density at radius 1 is 1.33 bits per heavy atom. The first kappa shape index (κ1) is 12.1. The van der Waals surface area contributed by atoms with Crippen molar-refractivity contribution in [1.29, 1.82) is 0 Å². The molecule has 15 heavy (non-hydrogen) atoms. The van der Waals surface area contributed by atoms with Gasteiger partial charge in [0.1, 0.15) is 6.61 Å². The average Bonchev–Trinajstić information content (AvgIpc) is 2.52. The maximum absolute atomic E-state index is 11.3. The summed E-state index contributed by atoms with van der Waals surface area (Å²) in [5.74, 6) is -2.32. The number of hydrogen-bond donors (Lipinski definition) is 1. The zero-order chi connectivity index (χ0) is 11.6. The highest BCUT2D eigenvalue weighted by Gasteiger charge is 2.49. The van der Waals surface area contributed by atoms with E-state index < -0.39 is 36.4 Å². The van der Waals surface area contributed by atoms with Gasteiger partial charge in [0.15, 0.2) is 23.8 Å². The molecule has 6 heteroatoms. The van der Waals surface area contributed by atoms with E-state index in [9.17, 15) is 9.59 Å². The minimum absolute atomic E-state index is 0.601. The summed E-state index contributed by atoms with van der Waals surface area (Å²) in [6, 6.07) is 0. The van der Waals surface area contributed by atoms with Crippen LogP contribution in [0, 0.1) is 0 Å². The predicted octanol–water partition coefficient (Wildman–Crippen LogP) is -0.759. The summed E-state index contributed by atoms with van der Waals surface area (Å²) < 4.78 is 14.9. The molecule has 1 heterocycles. The molecule has 0 aromatic heterocycles. The van der Waals surface area contributed by atoms with Gasteiger partial charge in [0.2, 0.25) is 0 Å². The fraction of sp³-hybridized carbons (Fsp3) is 0.778. The maximum Gasteiger partial charge on any atom is 0.338 e. The van der Waals surface area contributed by atoms with Gasteiger partial charge in [-0.15, -0.1) is 0 Å². The second-order valence-electron chi connectivity index (χ2n) is 3.62. The fourth-order valence-corrected chi connectivity index (χ4v) is 1.38. The number of carbonyl (C=O) groups excluding carboxylic acids is 2. The summed E-state index contributed by atoms with van der Waals surface area (Å²) in [5, 5.41) is 8.70. The molecule has 1 rings (SSSR count). The molecule has 6 nitrogen and oxygen atoms in total. The van der Waals surface area contributed by atoms with E-state index in [1.54, 1.807) is 13.8 Å². The lowest BCUT2D eigenvalue weighted by Gasteiger charge is -2.15. The molecule has 86 valence electrons. The molecule has 0 aromatic rings. The molecule has 0 aromatic carbocycles. The van der Waals surface area contributed by atoms with Gasteiger partial charge >= 0.3 is 5.97 Å². The first-order chi connectivity index (χ1) is 6.91. The van der Waals surface area contributed by atoms with Crippen molar-refractivity contribution >= 4 is 11.8 Å². The van der Waals surface area contributed by atoms with Crippen LogP contribution in [0.2, 0.25) is 0 Å². The number of ketones is 1. The highest BCUT2D eigenvalue weighted by molar-refractivity contribution is 5.91. The summed E-state index contributed by atoms with van der Waals surface area (Å²) in [5.41, 5.74) is 0. The summed E-state index contributed by atoms with van der Waals surface area (Å²) >= 11 is 0. The predicted molar refractivity (Wildman–Crippen MR) is 47.9 cm³/mol. The number of rotatable bonds is 3. The SMILES string of the molecule is COC(=O)[C@H]1OC(C)(C)O[C@@H]1C(=O)CO. The molecular weight excluding hydrogens is 204 g/mol. The topological polar surface area (TPSA) is 82.1 Å². The molecule has 1 saturated heterocycles. The van der Waals surface area contributed by atoms with E-state index in [0.29, 0.717) is 0 Å². The fourth-order valence-electron chi connectivity index (χ4n) is 1.38. The molecule has 0 aliphatic carbocycles. The van der Waals surface area contributed by atoms with Gasteiger partial charge in [0, 0.05) is 0 Å². The number of Topliss-reactive ketones (excluding diaryl/α,β-unsaturated/α-hetero) is 1. The molecule has 1 N–H and O–H groups in total. The van der Waals surface area contributed by atoms with Gasteiger partial charge in [-0.05, 0) is 13.8 Å². The second kappa shape index (κ2) is 4.26. The van der Waals surface area contributed by atoms with Crippen molar-refractivity contribution < 1.29 is 28.9 Å². The lowest BCUT2D eigenvalue weighted by molar-refractivity contribution is -0.168. The molecule has 0 amide bonds. The Kier molecular flexibility index (Phi) is 3.43. The summed E-state index contributed by atoms with van der Waals surface area (Å²) in [6.45, 7) is 2.46. The van der Waals surface area contributed by atoms with Gasteiger partial charge in [-0.2, -0.15) is 0 Å². The van der Waals surface area contributed by atoms with E-state index in [0.717, 1.165) is 0 Å². The summed E-state index contributed by atoms with van der Waals surface area (Å²) in [7, 11) is 1.19. The van der Waals surface area contributed by atoms with Crippen LogP contribution >= 0.6 is 0 Å². The van der Waals surface area contributed by atoms with Crippen molar-refractivity contribution in [2.24, 2.45) is 0 Å². The number of carbonyl (C=O) groups is 2. The molecule has 0 spiro atoms. The van der Waals surface area contributed by atoms with Crippen LogP contribution in [0.1, 0.15) is 13.8 Å². The summed E-state index contributed by atoms with van der Waals surface area (Å²) in [4.78, 5) is 22.5. The van der Waals surface area contributed by atoms with Crippen molar-refractivity contribution in [2.45, 2.75) is 31.8 Å². The van der Waals surface area contributed by atoms with Crippen LogP contribution in [-0.4, -0.2) is 48.6 Å². The molecular formula is C9H14O6. The smallest absolute Gasteiger partial charge is 0.338 e. The van der Waals surface area contributed by atoms with E-state index in [-0.39, 0.29) is 0 Å². The zero-order valence-electron chi connectivity index (χ0n) is 8.85. The Labute approximate surface area is 87.1 Å². The Hall–Kier alpha value is -0.980. The molecule has 0 unspecified atom stereocenters. The van der Waals surface area contributed by atoms with Crippen LogP contribution in [-0.2, 0) is 23.8 Å². The lowest BCUT2D eigenvalue weighted by atomic mass is 10.1. The zero-order valence-corrected chi connectivity index (χ0v) is 8.85. The van der Waals surface area contributed by atoms with E-state index in [1.807, 2.05) is 0 Å². The number of methoxy groups -OCH3 is 1. The third-order valence-corrected chi connectivity index (χ3v) is 2.00. The molecule has 1 aliphatic heterocycles. The van der Waals surface area contributed by atoms with E-state index in [2.05, 4.69) is 4.74 Å². The number of esters is 1. The minimum atomic E-state index is -1.11. The minimum Gasteiger partial charge on any atom is -0.467 e. The number of aliphatic hydroxyl groups excluding tert-OH is 1. The van der Waals surface area contributed by atoms with Gasteiger partial charge in [-0.1, -0.05) is 0 Å². The molecule has 0 saturated carbocycles. The van der Waals surface area contributed by atoms with Crippen LogP contribution in [0.5, 0.6) is 0 Å². The first-order valence-corrected chi connectivity index (χ1v) is 4.48. The van der Waals surface area contributed by atoms with Crippen LogP contribution in [0.15, 0.2) is 0 Å². The van der Waals surface area contributed by atoms with Crippen molar-refractivity contribution in [3.8, 4) is 0 Å². The molecule has 0 radical (unpaired) electrons. The normalized spacial score (nSPS) is 28.8. The summed E-state index contributed by atoms with van der Waals surface area (Å²) in [6.07, 6.45) is -2.21. The second-order valence-corrected chi connectivity index (χ2v) is 3.62. The number of hydrogen-bond acceptors (Lipinski definition) is 6. The first-order valence-electron chi connectivity index (χ1n) is 4.48. The number of aliphatic hydroxyl groups is 1. The Bertz CT molecular complexity index is 246. The third kappa shape index (κ3) is 2.53. The van der Waals surface area contributed by atoms with Crippen molar-refractivity contribution in [3.05, 3.63) is 0 Å². The van der Waals surface area contributed by atoms with Crippen LogP contribution < -0.4 is 0 Å². The quantitative estimate of drug-likeness (QED) is 0.627. The molecule has 1 fully saturated rings.